The molecule has 0 fully saturated rings. The average Bonchev–Trinajstić information content (AvgIpc) is 2.54. The van der Waals surface area contributed by atoms with Gasteiger partial charge in [0.25, 0.3) is 7.28 Å². The summed E-state index contributed by atoms with van der Waals surface area (Å²) in [6.07, 6.45) is 0.656. The number of nitrogens with zero attached hydrogens (tertiary/aromatic N) is 1. The Balaban J connectivity index is 1.88. The molecule has 3 nitrogen and oxygen atoms in total. The minimum Gasteiger partial charge on any atom is -0.489 e. The van der Waals surface area contributed by atoms with Crippen LogP contribution in [0.4, 0.5) is 0 Å². The molecule has 0 aliphatic carbocycles. The summed E-state index contributed by atoms with van der Waals surface area (Å²) in [4.78, 5) is 0. The summed E-state index contributed by atoms with van der Waals surface area (Å²) in [5.74, 6) is 2.67. The van der Waals surface area contributed by atoms with Gasteiger partial charge in [-0.05, 0) is 41.5 Å². The Morgan fingerprint density at radius 3 is 2.38 bits per heavy atom. The monoisotopic (exact) mass is 278 g/mol. The lowest BCUT2D eigenvalue weighted by atomic mass is 9.64. The Bertz CT molecular complexity index is 578. The van der Waals surface area contributed by atoms with E-state index in [2.05, 4.69) is 0 Å². The van der Waals surface area contributed by atoms with Crippen LogP contribution in [-0.4, -0.2) is 19.0 Å². The summed E-state index contributed by atoms with van der Waals surface area (Å²) < 4.78 is 5.72. The summed E-state index contributed by atoms with van der Waals surface area (Å²) in [6, 6.07) is 17.8. The van der Waals surface area contributed by atoms with Crippen molar-refractivity contribution in [3.8, 4) is 11.7 Å². The molecule has 2 aromatic rings. The minimum absolute atomic E-state index is 0.0141. The third-order valence-electron chi connectivity index (χ3n) is 3.21. The number of aliphatic hydroxyl groups is 1. The maximum atomic E-state index is 9.18. The van der Waals surface area contributed by atoms with E-state index in [-0.39, 0.29) is 12.4 Å². The maximum absolute atomic E-state index is 9.18. The van der Waals surface area contributed by atoms with E-state index in [0.717, 1.165) is 16.9 Å². The van der Waals surface area contributed by atoms with Crippen LogP contribution in [0.3, 0.4) is 0 Å². The van der Waals surface area contributed by atoms with Crippen LogP contribution in [0, 0.1) is 11.2 Å². The molecule has 105 valence electrons. The van der Waals surface area contributed by atoms with Gasteiger partial charge in [0.15, 0.2) is 0 Å². The first-order valence-corrected chi connectivity index (χ1v) is 6.91. The van der Waals surface area contributed by atoms with E-state index in [1.165, 1.54) is 7.28 Å². The molecule has 21 heavy (non-hydrogen) atoms. The molecular weight excluding hydrogens is 261 g/mol. The van der Waals surface area contributed by atoms with E-state index in [4.69, 9.17) is 10.00 Å². The molecule has 1 unspecified atom stereocenters. The van der Waals surface area contributed by atoms with Gasteiger partial charge < -0.3 is 9.84 Å². The molecule has 2 rings (SSSR count). The molecule has 0 saturated heterocycles. The van der Waals surface area contributed by atoms with Gasteiger partial charge in [0, 0.05) is 6.61 Å². The van der Waals surface area contributed by atoms with Gasteiger partial charge in [-0.3, -0.25) is 0 Å². The molecule has 0 bridgehead atoms. The summed E-state index contributed by atoms with van der Waals surface area (Å²) in [6.45, 7) is 0.529. The third-order valence-corrected chi connectivity index (χ3v) is 3.21. The van der Waals surface area contributed by atoms with Gasteiger partial charge in [-0.2, -0.15) is 0 Å². The van der Waals surface area contributed by atoms with E-state index in [0.29, 0.717) is 13.0 Å². The number of hydrogen-bond acceptors (Lipinski definition) is 3. The summed E-state index contributed by atoms with van der Waals surface area (Å²) >= 11 is 0. The van der Waals surface area contributed by atoms with Gasteiger partial charge in [0.1, 0.15) is 12.4 Å². The molecule has 0 heterocycles. The summed E-state index contributed by atoms with van der Waals surface area (Å²) in [5.41, 5.74) is 2.21. The largest absolute Gasteiger partial charge is 0.489 e. The van der Waals surface area contributed by atoms with Crippen molar-refractivity contribution in [2.75, 3.05) is 6.61 Å². The lowest BCUT2D eigenvalue weighted by molar-refractivity contribution is 0.288. The van der Waals surface area contributed by atoms with Crippen molar-refractivity contribution in [1.29, 1.82) is 5.26 Å². The summed E-state index contributed by atoms with van der Waals surface area (Å²) in [5, 5.41) is 17.8. The average molecular weight is 278 g/mol. The highest BCUT2D eigenvalue weighted by Gasteiger charge is 2.10. The van der Waals surface area contributed by atoms with Gasteiger partial charge in [-0.15, -0.1) is 0 Å². The van der Waals surface area contributed by atoms with Crippen LogP contribution in [0.15, 0.2) is 54.6 Å². The molecule has 0 aliphatic rings. The standard InChI is InChI=1S/C17H17BNO2/c19-13-18-16(11-20)10-14-6-8-17(9-7-14)21-12-15-4-2-1-3-5-15/h1-9,16,20H,10-12H2. The lowest BCUT2D eigenvalue weighted by Gasteiger charge is -2.10. The quantitative estimate of drug-likeness (QED) is 0.792. The fourth-order valence-electron chi connectivity index (χ4n) is 2.05. The number of nitriles is 1. The number of hydrogen-bond donors (Lipinski definition) is 1. The van der Waals surface area contributed by atoms with E-state index >= 15 is 0 Å². The first kappa shape index (κ1) is 15.1. The Morgan fingerprint density at radius 2 is 1.76 bits per heavy atom. The van der Waals surface area contributed by atoms with Gasteiger partial charge >= 0.3 is 0 Å². The molecule has 0 saturated carbocycles. The van der Waals surface area contributed by atoms with Crippen LogP contribution in [0.2, 0.25) is 5.82 Å². The molecule has 4 heteroatoms. The van der Waals surface area contributed by atoms with Crippen molar-refractivity contribution in [3.05, 3.63) is 65.7 Å². The number of ether oxygens (including phenoxy) is 1. The number of benzene rings is 2. The smallest absolute Gasteiger partial charge is 0.260 e. The minimum atomic E-state index is -0.119. The fraction of sp³-hybridized carbons (Fsp3) is 0.235. The molecular formula is C17H17BNO2. The number of aliphatic hydroxyl groups excluding tert-OH is 1. The third kappa shape index (κ3) is 4.98. The van der Waals surface area contributed by atoms with Crippen molar-refractivity contribution >= 4 is 7.28 Å². The van der Waals surface area contributed by atoms with Crippen LogP contribution in [0.5, 0.6) is 5.75 Å². The first-order chi connectivity index (χ1) is 10.3. The van der Waals surface area contributed by atoms with Gasteiger partial charge in [-0.1, -0.05) is 42.5 Å². The number of rotatable bonds is 7. The SMILES string of the molecule is N#C[B]C(CO)Cc1ccc(OCc2ccccc2)cc1. The van der Waals surface area contributed by atoms with Gasteiger partial charge in [0.05, 0.1) is 0 Å². The predicted octanol–water partition coefficient (Wildman–Crippen LogP) is 2.77. The Morgan fingerprint density at radius 1 is 1.05 bits per heavy atom. The second-order valence-corrected chi connectivity index (χ2v) is 4.86. The van der Waals surface area contributed by atoms with E-state index in [1.807, 2.05) is 60.6 Å². The molecule has 2 aromatic carbocycles. The molecule has 0 spiro atoms. The molecule has 1 radical (unpaired) electrons. The predicted molar refractivity (Wildman–Crippen MR) is 83.1 cm³/mol. The maximum Gasteiger partial charge on any atom is 0.260 e. The van der Waals surface area contributed by atoms with Crippen LogP contribution in [-0.2, 0) is 13.0 Å². The lowest BCUT2D eigenvalue weighted by Crippen LogP contribution is -2.09. The zero-order valence-corrected chi connectivity index (χ0v) is 11.8. The first-order valence-electron chi connectivity index (χ1n) is 6.91. The van der Waals surface area contributed by atoms with Crippen molar-refractivity contribution < 1.29 is 9.84 Å². The van der Waals surface area contributed by atoms with Gasteiger partial charge in [0.2, 0.25) is 0 Å². The highest BCUT2D eigenvalue weighted by atomic mass is 16.5. The highest BCUT2D eigenvalue weighted by molar-refractivity contribution is 6.47. The topological polar surface area (TPSA) is 53.2 Å². The van der Waals surface area contributed by atoms with Crippen LogP contribution in [0.1, 0.15) is 11.1 Å². The summed E-state index contributed by atoms with van der Waals surface area (Å²) in [7, 11) is 1.47. The molecule has 1 N–H and O–H groups in total. The van der Waals surface area contributed by atoms with E-state index in [9.17, 15) is 5.11 Å². The Labute approximate surface area is 126 Å². The van der Waals surface area contributed by atoms with Crippen molar-refractivity contribution in [3.63, 3.8) is 0 Å². The van der Waals surface area contributed by atoms with Crippen LogP contribution < -0.4 is 4.74 Å². The van der Waals surface area contributed by atoms with E-state index < -0.39 is 0 Å². The fourth-order valence-corrected chi connectivity index (χ4v) is 2.05. The Hall–Kier alpha value is -2.25. The zero-order chi connectivity index (χ0) is 14.9. The Kier molecular flexibility index (Phi) is 5.87. The second kappa shape index (κ2) is 8.13. The zero-order valence-electron chi connectivity index (χ0n) is 11.8. The van der Waals surface area contributed by atoms with E-state index in [1.54, 1.807) is 0 Å². The highest BCUT2D eigenvalue weighted by Crippen LogP contribution is 2.18. The van der Waals surface area contributed by atoms with Crippen LogP contribution in [0.25, 0.3) is 0 Å². The van der Waals surface area contributed by atoms with Crippen molar-refractivity contribution in [2.24, 2.45) is 0 Å². The normalized spacial score (nSPS) is 11.4. The molecule has 0 aliphatic heterocycles. The van der Waals surface area contributed by atoms with Crippen LogP contribution >= 0.6 is 0 Å². The van der Waals surface area contributed by atoms with Gasteiger partial charge in [-0.25, -0.2) is 5.26 Å². The molecule has 0 amide bonds. The van der Waals surface area contributed by atoms with Crippen molar-refractivity contribution in [1.82, 2.24) is 0 Å². The molecule has 1 atom stereocenters. The second-order valence-electron chi connectivity index (χ2n) is 4.86. The van der Waals surface area contributed by atoms with Crippen molar-refractivity contribution in [2.45, 2.75) is 18.8 Å². The molecule has 0 aromatic heterocycles.